The van der Waals surface area contributed by atoms with E-state index in [1.54, 1.807) is 0 Å². The van der Waals surface area contributed by atoms with Crippen LogP contribution in [0.15, 0.2) is 0 Å². The number of nitrogens with two attached hydrogens (primary N) is 1. The molecule has 0 aliphatic rings. The molecule has 0 aromatic heterocycles. The van der Waals surface area contributed by atoms with Crippen molar-refractivity contribution in [2.24, 2.45) is 5.73 Å². The van der Waals surface area contributed by atoms with Gasteiger partial charge in [0.2, 0.25) is 0 Å². The predicted octanol–water partition coefficient (Wildman–Crippen LogP) is -0.718. The van der Waals surface area contributed by atoms with Gasteiger partial charge in [0.15, 0.2) is 6.29 Å². The van der Waals surface area contributed by atoms with Crippen LogP contribution < -0.4 is 5.73 Å². The van der Waals surface area contributed by atoms with Gasteiger partial charge in [0.05, 0.1) is 7.85 Å². The molecule has 6 heteroatoms. The lowest BCUT2D eigenvalue weighted by molar-refractivity contribution is -0.160. The van der Waals surface area contributed by atoms with Crippen molar-refractivity contribution in [1.29, 1.82) is 0 Å². The Kier molecular flexibility index (Phi) is 6.90. The first-order valence-electron chi connectivity index (χ1n) is 3.69. The van der Waals surface area contributed by atoms with E-state index < -0.39 is 12.3 Å². The smallest absolute Gasteiger partial charge is 0.308 e. The van der Waals surface area contributed by atoms with Gasteiger partial charge in [-0.25, -0.2) is 0 Å². The summed E-state index contributed by atoms with van der Waals surface area (Å²) in [5.41, 5.74) is 5.18. The second-order valence-electron chi connectivity index (χ2n) is 2.18. The van der Waals surface area contributed by atoms with Crippen molar-refractivity contribution in [2.75, 3.05) is 6.54 Å². The summed E-state index contributed by atoms with van der Waals surface area (Å²) >= 11 is 0. The second kappa shape index (κ2) is 7.18. The Morgan fingerprint density at radius 1 is 1.58 bits per heavy atom. The highest BCUT2D eigenvalue weighted by Gasteiger charge is 2.09. The minimum atomic E-state index is -0.852. The maximum Gasteiger partial charge on any atom is 0.308 e. The molecule has 0 aromatic rings. The minimum Gasteiger partial charge on any atom is -0.438 e. The Morgan fingerprint density at radius 2 is 2.25 bits per heavy atom. The van der Waals surface area contributed by atoms with Crippen LogP contribution in [0.25, 0.3) is 0 Å². The molecule has 0 saturated heterocycles. The molecule has 1 atom stereocenters. The van der Waals surface area contributed by atoms with E-state index in [9.17, 15) is 4.79 Å². The third kappa shape index (κ3) is 5.21. The zero-order valence-corrected chi connectivity index (χ0v) is 6.86. The summed E-state index contributed by atoms with van der Waals surface area (Å²) in [6.45, 7) is 0.450. The van der Waals surface area contributed by atoms with Crippen molar-refractivity contribution in [3.8, 4) is 0 Å². The lowest BCUT2D eigenvalue weighted by Crippen LogP contribution is -2.20. The Morgan fingerprint density at radius 3 is 2.67 bits per heavy atom. The highest BCUT2D eigenvalue weighted by Crippen LogP contribution is 2.00. The predicted molar refractivity (Wildman–Crippen MR) is 45.6 cm³/mol. The molecule has 0 amide bonds. The van der Waals surface area contributed by atoms with Crippen molar-refractivity contribution in [1.82, 2.24) is 0 Å². The number of rotatable bonds is 6. The molecule has 0 heterocycles. The van der Waals surface area contributed by atoms with Gasteiger partial charge in [-0.3, -0.25) is 4.79 Å². The molecule has 1 unspecified atom stereocenters. The molecule has 0 bridgehead atoms. The van der Waals surface area contributed by atoms with E-state index in [1.165, 1.54) is 0 Å². The topological polar surface area (TPSA) is 61.5 Å². The fraction of sp³-hybridized carbons (Fsp3) is 0.833. The Balaban J connectivity index is 3.52. The fourth-order valence-corrected chi connectivity index (χ4v) is 0.583. The maximum atomic E-state index is 10.9. The lowest BCUT2D eigenvalue weighted by atomic mass is 10.1. The molecule has 0 aromatic carbocycles. The molecule has 4 nitrogen and oxygen atoms in total. The number of carbonyl (C=O) groups is 1. The van der Waals surface area contributed by atoms with Gasteiger partial charge in [-0.2, -0.15) is 0 Å². The van der Waals surface area contributed by atoms with E-state index in [4.69, 9.17) is 21.6 Å². The quantitative estimate of drug-likeness (QED) is 0.322. The van der Waals surface area contributed by atoms with Crippen LogP contribution in [0.5, 0.6) is 0 Å². The fourth-order valence-electron chi connectivity index (χ4n) is 0.583. The molecule has 2 N–H and O–H groups in total. The summed E-state index contributed by atoms with van der Waals surface area (Å²) in [6.07, 6.45) is 0.0392. The van der Waals surface area contributed by atoms with Crippen LogP contribution in [0.4, 0.5) is 0 Å². The van der Waals surface area contributed by atoms with Crippen LogP contribution in [0.2, 0.25) is 6.32 Å². The summed E-state index contributed by atoms with van der Waals surface area (Å²) in [6, 6.07) is 0. The third-order valence-corrected chi connectivity index (χ3v) is 1.19. The van der Waals surface area contributed by atoms with E-state index in [-0.39, 0.29) is 12.7 Å². The lowest BCUT2D eigenvalue weighted by Gasteiger charge is -2.14. The minimum absolute atomic E-state index is 0.0465. The van der Waals surface area contributed by atoms with E-state index in [0.717, 1.165) is 0 Å². The summed E-state index contributed by atoms with van der Waals surface area (Å²) < 4.78 is 8.93. The average Bonchev–Trinajstić information content (AvgIpc) is 2.10. The first-order chi connectivity index (χ1) is 5.74. The SMILES string of the molecule is [B]CC(O[B])OC(=O)CCCN. The summed E-state index contributed by atoms with van der Waals surface area (Å²) in [7, 11) is 9.93. The van der Waals surface area contributed by atoms with Gasteiger partial charge in [-0.1, -0.05) is 0 Å². The summed E-state index contributed by atoms with van der Waals surface area (Å²) in [4.78, 5) is 10.9. The Hall–Kier alpha value is -0.480. The van der Waals surface area contributed by atoms with Gasteiger partial charge in [0.25, 0.3) is 8.05 Å². The van der Waals surface area contributed by atoms with Crippen molar-refractivity contribution in [3.05, 3.63) is 0 Å². The van der Waals surface area contributed by atoms with Crippen molar-refractivity contribution in [3.63, 3.8) is 0 Å². The molecule has 0 rings (SSSR count). The van der Waals surface area contributed by atoms with Crippen LogP contribution in [0.3, 0.4) is 0 Å². The number of ether oxygens (including phenoxy) is 1. The molecule has 0 aliphatic heterocycles. The van der Waals surface area contributed by atoms with Gasteiger partial charge in [0, 0.05) is 6.42 Å². The molecular formula is C6H11B2NO3. The van der Waals surface area contributed by atoms with Crippen LogP contribution >= 0.6 is 0 Å². The first-order valence-corrected chi connectivity index (χ1v) is 3.69. The third-order valence-electron chi connectivity index (χ3n) is 1.19. The van der Waals surface area contributed by atoms with E-state index in [0.29, 0.717) is 13.0 Å². The van der Waals surface area contributed by atoms with Crippen LogP contribution in [-0.4, -0.2) is 34.7 Å². The maximum absolute atomic E-state index is 10.9. The first kappa shape index (κ1) is 11.5. The van der Waals surface area contributed by atoms with Gasteiger partial charge in [-0.15, -0.1) is 0 Å². The normalized spacial score (nSPS) is 12.4. The van der Waals surface area contributed by atoms with Crippen LogP contribution in [0, 0.1) is 0 Å². The largest absolute Gasteiger partial charge is 0.438 e. The van der Waals surface area contributed by atoms with Crippen molar-refractivity contribution >= 4 is 21.9 Å². The van der Waals surface area contributed by atoms with E-state index in [2.05, 4.69) is 9.39 Å². The van der Waals surface area contributed by atoms with Gasteiger partial charge in [0.1, 0.15) is 0 Å². The summed E-state index contributed by atoms with van der Waals surface area (Å²) in [5, 5.41) is 0. The van der Waals surface area contributed by atoms with Gasteiger partial charge in [-0.05, 0) is 19.3 Å². The molecule has 0 spiro atoms. The van der Waals surface area contributed by atoms with Gasteiger partial charge >= 0.3 is 5.97 Å². The Labute approximate surface area is 74.6 Å². The number of carbonyl (C=O) groups excluding carboxylic acids is 1. The van der Waals surface area contributed by atoms with Crippen LogP contribution in [0.1, 0.15) is 12.8 Å². The zero-order valence-electron chi connectivity index (χ0n) is 6.86. The number of hydrogen-bond acceptors (Lipinski definition) is 4. The van der Waals surface area contributed by atoms with Crippen molar-refractivity contribution in [2.45, 2.75) is 25.5 Å². The molecule has 64 valence electrons. The van der Waals surface area contributed by atoms with Crippen molar-refractivity contribution < 1.29 is 14.2 Å². The molecule has 12 heavy (non-hydrogen) atoms. The Bertz CT molecular complexity index is 130. The highest BCUT2D eigenvalue weighted by atomic mass is 16.7. The number of esters is 1. The van der Waals surface area contributed by atoms with E-state index in [1.807, 2.05) is 0 Å². The number of hydrogen-bond donors (Lipinski definition) is 1. The monoisotopic (exact) mass is 167 g/mol. The zero-order chi connectivity index (χ0) is 9.40. The molecule has 0 saturated carbocycles. The van der Waals surface area contributed by atoms with Crippen LogP contribution in [-0.2, 0) is 14.2 Å². The average molecular weight is 167 g/mol. The second-order valence-corrected chi connectivity index (χ2v) is 2.18. The molecular weight excluding hydrogens is 156 g/mol. The van der Waals surface area contributed by atoms with Gasteiger partial charge < -0.3 is 15.1 Å². The van der Waals surface area contributed by atoms with E-state index >= 15 is 0 Å². The molecule has 4 radical (unpaired) electrons. The molecule has 0 fully saturated rings. The highest BCUT2D eigenvalue weighted by molar-refractivity contribution is 6.09. The summed E-state index contributed by atoms with van der Waals surface area (Å²) in [5.74, 6) is -0.402. The molecule has 0 aliphatic carbocycles. The standard InChI is InChI=1S/C6H11B2NO3/c7-4-6(12-8)11-5(10)2-1-3-9/h6H,1-4,9H2.